The number of carbonyl (C=O) groups is 1. The minimum absolute atomic E-state index is 0.0446. The van der Waals surface area contributed by atoms with Crippen molar-refractivity contribution in [2.45, 2.75) is 38.7 Å². The van der Waals surface area contributed by atoms with Crippen molar-refractivity contribution in [2.75, 3.05) is 23.4 Å². The fourth-order valence-corrected chi connectivity index (χ4v) is 4.04. The molecule has 1 aromatic heterocycles. The Morgan fingerprint density at radius 3 is 3.14 bits per heavy atom. The number of hydrogen-bond donors (Lipinski definition) is 1. The normalized spacial score (nSPS) is 18.2. The van der Waals surface area contributed by atoms with E-state index in [0.717, 1.165) is 36.5 Å². The monoisotopic (exact) mass is 324 g/mol. The van der Waals surface area contributed by atoms with Crippen LogP contribution < -0.4 is 5.32 Å². The molecule has 1 aromatic rings. The molecule has 21 heavy (non-hydrogen) atoms. The molecular formula is C15H20N2O2S2. The Kier molecular flexibility index (Phi) is 6.55. The average Bonchev–Trinajstić information content (AvgIpc) is 2.90. The highest BCUT2D eigenvalue weighted by Gasteiger charge is 2.15. The molecule has 2 rings (SSSR count). The Morgan fingerprint density at radius 1 is 1.62 bits per heavy atom. The lowest BCUT2D eigenvalue weighted by molar-refractivity contribution is -0.113. The van der Waals surface area contributed by atoms with Gasteiger partial charge in [0.05, 0.1) is 17.4 Å². The first-order valence-electron chi connectivity index (χ1n) is 7.25. The zero-order valence-corrected chi connectivity index (χ0v) is 13.8. The molecule has 0 unspecified atom stereocenters. The van der Waals surface area contributed by atoms with Gasteiger partial charge < -0.3 is 10.1 Å². The fraction of sp³-hybridized carbons (Fsp3) is 0.600. The lowest BCUT2D eigenvalue weighted by atomic mass is 10.1. The van der Waals surface area contributed by atoms with Gasteiger partial charge in [-0.05, 0) is 31.7 Å². The van der Waals surface area contributed by atoms with Crippen LogP contribution in [0.5, 0.6) is 0 Å². The minimum Gasteiger partial charge on any atom is -0.377 e. The zero-order valence-electron chi connectivity index (χ0n) is 12.2. The van der Waals surface area contributed by atoms with Gasteiger partial charge in [0.2, 0.25) is 5.91 Å². The van der Waals surface area contributed by atoms with E-state index >= 15 is 0 Å². The highest BCUT2D eigenvalue weighted by Crippen LogP contribution is 2.28. The van der Waals surface area contributed by atoms with Crippen LogP contribution in [0.1, 0.15) is 36.6 Å². The summed E-state index contributed by atoms with van der Waals surface area (Å²) in [5.41, 5.74) is 0.561. The van der Waals surface area contributed by atoms with Crippen molar-refractivity contribution in [1.82, 2.24) is 0 Å². The number of nitriles is 1. The van der Waals surface area contributed by atoms with Crippen molar-refractivity contribution < 1.29 is 9.53 Å². The number of rotatable bonds is 6. The van der Waals surface area contributed by atoms with Crippen LogP contribution in [-0.4, -0.2) is 30.1 Å². The third kappa shape index (κ3) is 5.03. The number of thioether (sulfide) groups is 1. The summed E-state index contributed by atoms with van der Waals surface area (Å²) in [6.07, 6.45) is 4.63. The van der Waals surface area contributed by atoms with Crippen LogP contribution in [-0.2, 0) is 16.0 Å². The van der Waals surface area contributed by atoms with E-state index in [1.54, 1.807) is 11.8 Å². The summed E-state index contributed by atoms with van der Waals surface area (Å²) >= 11 is 3.08. The Balaban J connectivity index is 1.76. The van der Waals surface area contributed by atoms with Gasteiger partial charge in [0.1, 0.15) is 11.1 Å². The molecule has 6 heteroatoms. The summed E-state index contributed by atoms with van der Waals surface area (Å²) in [4.78, 5) is 13.1. The molecule has 1 atom stereocenters. The molecule has 0 spiro atoms. The number of ether oxygens (including phenoxy) is 1. The molecule has 1 N–H and O–H groups in total. The number of aryl methyl sites for hydroxylation is 1. The minimum atomic E-state index is -0.0446. The maximum atomic E-state index is 11.9. The molecule has 0 radical (unpaired) electrons. The van der Waals surface area contributed by atoms with Crippen LogP contribution in [0.3, 0.4) is 0 Å². The third-order valence-corrected chi connectivity index (χ3v) is 5.58. The Labute approximate surface area is 133 Å². The van der Waals surface area contributed by atoms with E-state index in [-0.39, 0.29) is 5.91 Å². The largest absolute Gasteiger partial charge is 0.377 e. The number of carbonyl (C=O) groups excluding carboxylic acids is 1. The molecule has 2 heterocycles. The van der Waals surface area contributed by atoms with Crippen molar-refractivity contribution in [2.24, 2.45) is 0 Å². The number of thiophene rings is 1. The SMILES string of the molecule is CCc1cc(C#N)c(NC(=O)CSC[C@H]2CCCCO2)s1. The summed E-state index contributed by atoms with van der Waals surface area (Å²) in [5, 5.41) is 12.6. The van der Waals surface area contributed by atoms with Gasteiger partial charge in [-0.1, -0.05) is 6.92 Å². The van der Waals surface area contributed by atoms with E-state index < -0.39 is 0 Å². The predicted octanol–water partition coefficient (Wildman–Crippen LogP) is 3.42. The van der Waals surface area contributed by atoms with Crippen LogP contribution in [0.25, 0.3) is 0 Å². The van der Waals surface area contributed by atoms with Gasteiger partial charge in [0, 0.05) is 17.2 Å². The standard InChI is InChI=1S/C15H20N2O2S2/c1-2-13-7-11(8-16)15(21-13)17-14(18)10-20-9-12-5-3-4-6-19-12/h7,12H,2-6,9-10H2,1H3,(H,17,18)/t12-/m1/s1. The van der Waals surface area contributed by atoms with E-state index in [2.05, 4.69) is 11.4 Å². The van der Waals surface area contributed by atoms with Gasteiger partial charge in [-0.2, -0.15) is 5.26 Å². The summed E-state index contributed by atoms with van der Waals surface area (Å²) in [5.74, 6) is 1.23. The molecule has 0 saturated carbocycles. The second kappa shape index (κ2) is 8.42. The zero-order chi connectivity index (χ0) is 15.1. The van der Waals surface area contributed by atoms with Crippen LogP contribution in [0.4, 0.5) is 5.00 Å². The number of amides is 1. The molecule has 114 valence electrons. The number of nitrogens with one attached hydrogen (secondary N) is 1. The molecular weight excluding hydrogens is 304 g/mol. The highest BCUT2D eigenvalue weighted by atomic mass is 32.2. The summed E-state index contributed by atoms with van der Waals surface area (Å²) in [6.45, 7) is 2.89. The maximum Gasteiger partial charge on any atom is 0.235 e. The molecule has 4 nitrogen and oxygen atoms in total. The van der Waals surface area contributed by atoms with Crippen molar-refractivity contribution in [3.63, 3.8) is 0 Å². The second-order valence-corrected chi connectivity index (χ2v) is 7.14. The number of anilines is 1. The number of hydrogen-bond acceptors (Lipinski definition) is 5. The van der Waals surface area contributed by atoms with Crippen LogP contribution >= 0.6 is 23.1 Å². The fourth-order valence-electron chi connectivity index (χ4n) is 2.18. The molecule has 1 amide bonds. The van der Waals surface area contributed by atoms with Crippen molar-refractivity contribution >= 4 is 34.0 Å². The lowest BCUT2D eigenvalue weighted by Gasteiger charge is -2.21. The van der Waals surface area contributed by atoms with E-state index in [1.165, 1.54) is 17.8 Å². The Hall–Kier alpha value is -1.03. The Bertz CT molecular complexity index is 516. The van der Waals surface area contributed by atoms with Crippen LogP contribution in [0, 0.1) is 11.3 Å². The van der Waals surface area contributed by atoms with E-state index in [1.807, 2.05) is 13.0 Å². The summed E-state index contributed by atoms with van der Waals surface area (Å²) in [6, 6.07) is 3.98. The lowest BCUT2D eigenvalue weighted by Crippen LogP contribution is -2.22. The van der Waals surface area contributed by atoms with Gasteiger partial charge in [-0.3, -0.25) is 4.79 Å². The maximum absolute atomic E-state index is 11.9. The second-order valence-electron chi connectivity index (χ2n) is 4.97. The van der Waals surface area contributed by atoms with Gasteiger partial charge in [-0.15, -0.1) is 23.1 Å². The van der Waals surface area contributed by atoms with Crippen molar-refractivity contribution in [3.8, 4) is 6.07 Å². The molecule has 1 fully saturated rings. The molecule has 1 saturated heterocycles. The van der Waals surface area contributed by atoms with Gasteiger partial charge in [-0.25, -0.2) is 0 Å². The average molecular weight is 324 g/mol. The first-order valence-corrected chi connectivity index (χ1v) is 9.22. The molecule has 0 aromatic carbocycles. The van der Waals surface area contributed by atoms with Crippen LogP contribution in [0.2, 0.25) is 0 Å². The topological polar surface area (TPSA) is 62.1 Å². The first kappa shape index (κ1) is 16.3. The van der Waals surface area contributed by atoms with Gasteiger partial charge in [0.15, 0.2) is 0 Å². The van der Waals surface area contributed by atoms with Crippen molar-refractivity contribution in [3.05, 3.63) is 16.5 Å². The number of nitrogens with zero attached hydrogens (tertiary/aromatic N) is 1. The third-order valence-electron chi connectivity index (χ3n) is 3.32. The summed E-state index contributed by atoms with van der Waals surface area (Å²) < 4.78 is 5.64. The van der Waals surface area contributed by atoms with E-state index in [9.17, 15) is 4.79 Å². The quantitative estimate of drug-likeness (QED) is 0.871. The van der Waals surface area contributed by atoms with Gasteiger partial charge in [0.25, 0.3) is 0 Å². The molecule has 0 bridgehead atoms. The first-order chi connectivity index (χ1) is 10.2. The molecule has 1 aliphatic rings. The predicted molar refractivity (Wildman–Crippen MR) is 88.0 cm³/mol. The van der Waals surface area contributed by atoms with Gasteiger partial charge >= 0.3 is 0 Å². The van der Waals surface area contributed by atoms with Crippen LogP contribution in [0.15, 0.2) is 6.07 Å². The highest BCUT2D eigenvalue weighted by molar-refractivity contribution is 8.00. The smallest absolute Gasteiger partial charge is 0.235 e. The molecule has 0 aliphatic carbocycles. The molecule has 1 aliphatic heterocycles. The van der Waals surface area contributed by atoms with E-state index in [0.29, 0.717) is 22.4 Å². The Morgan fingerprint density at radius 2 is 2.48 bits per heavy atom. The van der Waals surface area contributed by atoms with E-state index in [4.69, 9.17) is 10.00 Å². The van der Waals surface area contributed by atoms with Crippen molar-refractivity contribution in [1.29, 1.82) is 5.26 Å². The summed E-state index contributed by atoms with van der Waals surface area (Å²) in [7, 11) is 0.